The van der Waals surface area contributed by atoms with Crippen LogP contribution in [0.5, 0.6) is 5.75 Å². The zero-order chi connectivity index (χ0) is 20.1. The Balaban J connectivity index is 1.83. The Morgan fingerprint density at radius 3 is 2.71 bits per heavy atom. The number of aliphatic hydroxyl groups excluding tert-OH is 1. The molecular weight excluding hydrogens is 356 g/mol. The minimum atomic E-state index is -0.203. The van der Waals surface area contributed by atoms with Gasteiger partial charge in [-0.2, -0.15) is 0 Å². The maximum Gasteiger partial charge on any atom is 0.257 e. The molecule has 0 bridgehead atoms. The quantitative estimate of drug-likeness (QED) is 0.833. The van der Waals surface area contributed by atoms with Gasteiger partial charge in [0, 0.05) is 19.0 Å². The fourth-order valence-electron chi connectivity index (χ4n) is 3.27. The molecule has 1 atom stereocenters. The van der Waals surface area contributed by atoms with Crippen LogP contribution < -0.4 is 10.1 Å². The van der Waals surface area contributed by atoms with E-state index in [4.69, 9.17) is 4.74 Å². The SMILES string of the molecule is Cc1ccc(CC(=O)Nc2cccc3c2OC[C@H](C)CN(CCO)C3=O)cc1. The lowest BCUT2D eigenvalue weighted by molar-refractivity contribution is -0.115. The molecule has 0 unspecified atom stereocenters. The summed E-state index contributed by atoms with van der Waals surface area (Å²) in [7, 11) is 0. The summed E-state index contributed by atoms with van der Waals surface area (Å²) in [6.07, 6.45) is 0.241. The first kappa shape index (κ1) is 19.9. The Morgan fingerprint density at radius 1 is 1.25 bits per heavy atom. The summed E-state index contributed by atoms with van der Waals surface area (Å²) in [4.78, 5) is 27.1. The van der Waals surface area contributed by atoms with Crippen LogP contribution in [0.15, 0.2) is 42.5 Å². The molecule has 148 valence electrons. The van der Waals surface area contributed by atoms with Crippen LogP contribution in [0, 0.1) is 12.8 Å². The van der Waals surface area contributed by atoms with Crippen molar-refractivity contribution in [1.29, 1.82) is 0 Å². The van der Waals surface area contributed by atoms with Crippen molar-refractivity contribution < 1.29 is 19.4 Å². The van der Waals surface area contributed by atoms with Crippen LogP contribution in [-0.4, -0.2) is 48.1 Å². The molecule has 1 aliphatic heterocycles. The molecule has 1 heterocycles. The van der Waals surface area contributed by atoms with Gasteiger partial charge in [0.05, 0.1) is 30.9 Å². The van der Waals surface area contributed by atoms with Crippen LogP contribution in [-0.2, 0) is 11.2 Å². The van der Waals surface area contributed by atoms with Crippen LogP contribution in [0.2, 0.25) is 0 Å². The molecule has 6 heteroatoms. The first-order chi connectivity index (χ1) is 13.5. The van der Waals surface area contributed by atoms with Crippen molar-refractivity contribution in [2.45, 2.75) is 20.3 Å². The number of para-hydroxylation sites is 1. The van der Waals surface area contributed by atoms with E-state index in [9.17, 15) is 14.7 Å². The Labute approximate surface area is 165 Å². The highest BCUT2D eigenvalue weighted by molar-refractivity contribution is 6.01. The number of nitrogens with one attached hydrogen (secondary N) is 1. The third kappa shape index (κ3) is 4.70. The number of anilines is 1. The van der Waals surface area contributed by atoms with E-state index in [1.165, 1.54) is 0 Å². The first-order valence-electron chi connectivity index (χ1n) is 9.49. The second kappa shape index (κ2) is 8.89. The molecule has 28 heavy (non-hydrogen) atoms. The molecule has 0 spiro atoms. The van der Waals surface area contributed by atoms with Crippen LogP contribution in [0.4, 0.5) is 5.69 Å². The second-order valence-electron chi connectivity index (χ2n) is 7.28. The van der Waals surface area contributed by atoms with E-state index in [1.807, 2.05) is 38.1 Å². The topological polar surface area (TPSA) is 78.9 Å². The highest BCUT2D eigenvalue weighted by atomic mass is 16.5. The number of rotatable bonds is 5. The number of ether oxygens (including phenoxy) is 1. The van der Waals surface area contributed by atoms with Crippen LogP contribution in [0.1, 0.15) is 28.4 Å². The van der Waals surface area contributed by atoms with Crippen molar-refractivity contribution in [2.24, 2.45) is 5.92 Å². The molecule has 3 rings (SSSR count). The number of aryl methyl sites for hydroxylation is 1. The molecule has 0 radical (unpaired) electrons. The fraction of sp³-hybridized carbons (Fsp3) is 0.364. The molecule has 0 fully saturated rings. The van der Waals surface area contributed by atoms with Gasteiger partial charge in [-0.15, -0.1) is 0 Å². The Morgan fingerprint density at radius 2 is 2.00 bits per heavy atom. The third-order valence-electron chi connectivity index (χ3n) is 4.71. The predicted octanol–water partition coefficient (Wildman–Crippen LogP) is 2.64. The number of benzene rings is 2. The third-order valence-corrected chi connectivity index (χ3v) is 4.71. The van der Waals surface area contributed by atoms with Gasteiger partial charge in [-0.25, -0.2) is 0 Å². The molecule has 0 saturated carbocycles. The van der Waals surface area contributed by atoms with E-state index in [2.05, 4.69) is 5.32 Å². The summed E-state index contributed by atoms with van der Waals surface area (Å²) in [5.74, 6) is 0.125. The number of nitrogens with zero attached hydrogens (tertiary/aromatic N) is 1. The molecule has 0 aromatic heterocycles. The summed E-state index contributed by atoms with van der Waals surface area (Å²) >= 11 is 0. The number of aliphatic hydroxyl groups is 1. The zero-order valence-electron chi connectivity index (χ0n) is 16.3. The fourth-order valence-corrected chi connectivity index (χ4v) is 3.27. The lowest BCUT2D eigenvalue weighted by Crippen LogP contribution is -2.40. The number of amides is 2. The van der Waals surface area contributed by atoms with Crippen molar-refractivity contribution >= 4 is 17.5 Å². The normalized spacial score (nSPS) is 16.6. The molecule has 0 saturated heterocycles. The van der Waals surface area contributed by atoms with Crippen LogP contribution in [0.3, 0.4) is 0 Å². The van der Waals surface area contributed by atoms with E-state index in [0.717, 1.165) is 11.1 Å². The minimum absolute atomic E-state index is 0.0956. The standard InChI is InChI=1S/C22H26N2O4/c1-15-6-8-17(9-7-15)12-20(26)23-19-5-3-4-18-21(19)28-14-16(2)13-24(10-11-25)22(18)27/h3-9,16,25H,10-14H2,1-2H3,(H,23,26)/t16-/m1/s1. The van der Waals surface area contributed by atoms with Crippen molar-refractivity contribution in [3.05, 3.63) is 59.2 Å². The number of hydrogen-bond acceptors (Lipinski definition) is 4. The average Bonchev–Trinajstić information content (AvgIpc) is 2.67. The summed E-state index contributed by atoms with van der Waals surface area (Å²) < 4.78 is 5.91. The van der Waals surface area contributed by atoms with Gasteiger partial charge in [0.2, 0.25) is 5.91 Å². The number of hydrogen-bond donors (Lipinski definition) is 2. The van der Waals surface area contributed by atoms with E-state index in [1.54, 1.807) is 23.1 Å². The zero-order valence-corrected chi connectivity index (χ0v) is 16.3. The van der Waals surface area contributed by atoms with Gasteiger partial charge < -0.3 is 20.1 Å². The van der Waals surface area contributed by atoms with Gasteiger partial charge in [-0.05, 0) is 24.6 Å². The van der Waals surface area contributed by atoms with E-state index in [-0.39, 0.29) is 37.3 Å². The molecule has 2 aromatic rings. The lowest BCUT2D eigenvalue weighted by atomic mass is 10.1. The van der Waals surface area contributed by atoms with Gasteiger partial charge in [0.1, 0.15) is 0 Å². The van der Waals surface area contributed by atoms with Gasteiger partial charge in [-0.3, -0.25) is 9.59 Å². The van der Waals surface area contributed by atoms with Crippen molar-refractivity contribution in [3.8, 4) is 5.75 Å². The van der Waals surface area contributed by atoms with Crippen molar-refractivity contribution in [3.63, 3.8) is 0 Å². The number of carbonyl (C=O) groups is 2. The average molecular weight is 382 g/mol. The van der Waals surface area contributed by atoms with Gasteiger partial charge in [-0.1, -0.05) is 42.8 Å². The predicted molar refractivity (Wildman–Crippen MR) is 108 cm³/mol. The minimum Gasteiger partial charge on any atom is -0.490 e. The first-order valence-corrected chi connectivity index (χ1v) is 9.49. The van der Waals surface area contributed by atoms with Crippen molar-refractivity contribution in [1.82, 2.24) is 4.90 Å². The van der Waals surface area contributed by atoms with Crippen LogP contribution in [0.25, 0.3) is 0 Å². The molecule has 2 amide bonds. The molecule has 2 N–H and O–H groups in total. The molecule has 2 aromatic carbocycles. The van der Waals surface area contributed by atoms with E-state index < -0.39 is 0 Å². The molecule has 1 aliphatic rings. The largest absolute Gasteiger partial charge is 0.490 e. The number of carbonyl (C=O) groups excluding carboxylic acids is 2. The molecular formula is C22H26N2O4. The summed E-state index contributed by atoms with van der Waals surface area (Å²) in [6, 6.07) is 13.0. The lowest BCUT2D eigenvalue weighted by Gasteiger charge is -2.30. The number of β-amino-alcohol motifs (C(OH)–C–C–N with tert-alkyl or cyclic N) is 1. The van der Waals surface area contributed by atoms with Gasteiger partial charge in [0.25, 0.3) is 5.91 Å². The van der Waals surface area contributed by atoms with Gasteiger partial charge in [0.15, 0.2) is 5.75 Å². The molecule has 6 nitrogen and oxygen atoms in total. The summed E-state index contributed by atoms with van der Waals surface area (Å²) in [5.41, 5.74) is 2.94. The van der Waals surface area contributed by atoms with Gasteiger partial charge >= 0.3 is 0 Å². The van der Waals surface area contributed by atoms with E-state index >= 15 is 0 Å². The Kier molecular flexibility index (Phi) is 6.31. The summed E-state index contributed by atoms with van der Waals surface area (Å²) in [5, 5.41) is 12.2. The van der Waals surface area contributed by atoms with E-state index in [0.29, 0.717) is 30.2 Å². The summed E-state index contributed by atoms with van der Waals surface area (Å²) in [6.45, 7) is 5.10. The maximum absolute atomic E-state index is 12.9. The molecule has 0 aliphatic carbocycles. The Bertz CT molecular complexity index is 848. The maximum atomic E-state index is 12.9. The number of fused-ring (bicyclic) bond motifs is 1. The highest BCUT2D eigenvalue weighted by Crippen LogP contribution is 2.32. The second-order valence-corrected chi connectivity index (χ2v) is 7.28. The van der Waals surface area contributed by atoms with Crippen molar-refractivity contribution in [2.75, 3.05) is 31.6 Å². The smallest absolute Gasteiger partial charge is 0.257 e. The Hall–Kier alpha value is -2.86. The monoisotopic (exact) mass is 382 g/mol. The highest BCUT2D eigenvalue weighted by Gasteiger charge is 2.26. The van der Waals surface area contributed by atoms with Crippen LogP contribution >= 0.6 is 0 Å².